The molecule has 1 aliphatic rings. The minimum Gasteiger partial charge on any atom is -0.453 e. The number of allylic oxidation sites excluding steroid dienone is 1. The first kappa shape index (κ1) is 18.2. The highest BCUT2D eigenvalue weighted by Crippen LogP contribution is 2.36. The monoisotopic (exact) mass is 488 g/mol. The van der Waals surface area contributed by atoms with Gasteiger partial charge in [0.2, 0.25) is 5.90 Å². The second kappa shape index (κ2) is 7.76. The smallest absolute Gasteiger partial charge is 0.216 e. The Kier molecular flexibility index (Phi) is 5.66. The van der Waals surface area contributed by atoms with Crippen LogP contribution >= 0.6 is 43.5 Å². The summed E-state index contributed by atoms with van der Waals surface area (Å²) in [7, 11) is 0. The molecule has 0 unspecified atom stereocenters. The number of hydrogen-bond donors (Lipinski definition) is 1. The normalized spacial score (nSPS) is 13.5. The van der Waals surface area contributed by atoms with E-state index in [4.69, 9.17) is 21.1 Å². The summed E-state index contributed by atoms with van der Waals surface area (Å²) >= 11 is 12.9. The molecule has 4 nitrogen and oxygen atoms in total. The summed E-state index contributed by atoms with van der Waals surface area (Å²) in [5, 5.41) is 4.17. The molecule has 130 valence electrons. The Morgan fingerprint density at radius 1 is 1.24 bits per heavy atom. The molecule has 0 fully saturated rings. The summed E-state index contributed by atoms with van der Waals surface area (Å²) in [5.74, 6) is 0.862. The molecular formula is C17H12Br2ClFN2O2. The van der Waals surface area contributed by atoms with Crippen molar-refractivity contribution in [3.05, 3.63) is 67.6 Å². The molecule has 0 radical (unpaired) electrons. The molecular weight excluding hydrogens is 478 g/mol. The average Bonchev–Trinajstić information content (AvgIpc) is 2.53. The number of nitrogens with zero attached hydrogens (tertiary/aromatic N) is 1. The van der Waals surface area contributed by atoms with E-state index in [-0.39, 0.29) is 17.2 Å². The lowest BCUT2D eigenvalue weighted by molar-refractivity contribution is 0.384. The van der Waals surface area contributed by atoms with Crippen LogP contribution in [0.25, 0.3) is 0 Å². The van der Waals surface area contributed by atoms with Crippen molar-refractivity contribution < 1.29 is 13.9 Å². The van der Waals surface area contributed by atoms with Gasteiger partial charge in [-0.3, -0.25) is 5.43 Å². The number of rotatable bonds is 4. The minimum atomic E-state index is -0.554. The van der Waals surface area contributed by atoms with Crippen molar-refractivity contribution >= 4 is 49.4 Å². The summed E-state index contributed by atoms with van der Waals surface area (Å²) in [4.78, 5) is 0. The maximum absolute atomic E-state index is 14.9. The number of ether oxygens (including phenoxy) is 2. The standard InChI is InChI=1S/C17H12Br2ClFN2O2/c1-9-8-22-23-15(24-9)4-10-2-3-14(20)17(16(10)21)25-13-6-11(18)5-12(19)7-13/h2-3,5-8,22H,4H2,1H3. The van der Waals surface area contributed by atoms with Crippen LogP contribution in [0.1, 0.15) is 12.5 Å². The highest BCUT2D eigenvalue weighted by molar-refractivity contribution is 9.11. The van der Waals surface area contributed by atoms with Crippen molar-refractivity contribution in [3.63, 3.8) is 0 Å². The molecule has 0 atom stereocenters. The van der Waals surface area contributed by atoms with Crippen LogP contribution in [-0.2, 0) is 11.2 Å². The fraction of sp³-hybridized carbons (Fsp3) is 0.118. The lowest BCUT2D eigenvalue weighted by atomic mass is 10.1. The van der Waals surface area contributed by atoms with E-state index in [1.165, 1.54) is 0 Å². The van der Waals surface area contributed by atoms with Crippen LogP contribution in [0.2, 0.25) is 5.02 Å². The Labute approximate surface area is 165 Å². The van der Waals surface area contributed by atoms with Gasteiger partial charge in [0, 0.05) is 14.5 Å². The first-order valence-corrected chi connectivity index (χ1v) is 9.16. The summed E-state index contributed by atoms with van der Waals surface area (Å²) in [6.07, 6.45) is 1.78. The number of hydrazone groups is 1. The van der Waals surface area contributed by atoms with Gasteiger partial charge in [-0.15, -0.1) is 5.10 Å². The quantitative estimate of drug-likeness (QED) is 0.561. The Bertz CT molecular complexity index is 867. The van der Waals surface area contributed by atoms with Gasteiger partial charge in [0.15, 0.2) is 11.6 Å². The highest BCUT2D eigenvalue weighted by Gasteiger charge is 2.18. The molecule has 0 aromatic heterocycles. The van der Waals surface area contributed by atoms with Gasteiger partial charge in [-0.25, -0.2) is 4.39 Å². The topological polar surface area (TPSA) is 42.9 Å². The van der Waals surface area contributed by atoms with Crippen molar-refractivity contribution in [2.75, 3.05) is 0 Å². The molecule has 1 N–H and O–H groups in total. The molecule has 2 aromatic carbocycles. The van der Waals surface area contributed by atoms with Crippen LogP contribution < -0.4 is 10.2 Å². The van der Waals surface area contributed by atoms with E-state index in [2.05, 4.69) is 42.4 Å². The average molecular weight is 491 g/mol. The van der Waals surface area contributed by atoms with Crippen LogP contribution in [0.15, 0.2) is 56.3 Å². The fourth-order valence-corrected chi connectivity index (χ4v) is 3.62. The third-order valence-corrected chi connectivity index (χ3v) is 4.48. The van der Waals surface area contributed by atoms with Crippen LogP contribution in [0, 0.1) is 5.82 Å². The molecule has 0 aliphatic carbocycles. The SMILES string of the molecule is CC1=CNN=C(Cc2ccc(Cl)c(Oc3cc(Br)cc(Br)c3)c2F)O1. The third-order valence-electron chi connectivity index (χ3n) is 3.26. The molecule has 0 saturated heterocycles. The van der Waals surface area contributed by atoms with Gasteiger partial charge < -0.3 is 9.47 Å². The van der Waals surface area contributed by atoms with Crippen LogP contribution in [0.4, 0.5) is 4.39 Å². The van der Waals surface area contributed by atoms with Crippen molar-refractivity contribution in [1.82, 2.24) is 5.43 Å². The highest BCUT2D eigenvalue weighted by atomic mass is 79.9. The van der Waals surface area contributed by atoms with Gasteiger partial charge in [-0.1, -0.05) is 49.5 Å². The first-order valence-electron chi connectivity index (χ1n) is 7.20. The molecule has 0 bridgehead atoms. The first-order chi connectivity index (χ1) is 11.9. The summed E-state index contributed by atoms with van der Waals surface area (Å²) in [6.45, 7) is 1.78. The second-order valence-corrected chi connectivity index (χ2v) is 7.46. The number of halogens is 4. The van der Waals surface area contributed by atoms with E-state index in [0.29, 0.717) is 23.0 Å². The van der Waals surface area contributed by atoms with Crippen LogP contribution in [-0.4, -0.2) is 5.90 Å². The van der Waals surface area contributed by atoms with E-state index in [0.717, 1.165) is 8.95 Å². The summed E-state index contributed by atoms with van der Waals surface area (Å²) in [5.41, 5.74) is 3.08. The van der Waals surface area contributed by atoms with E-state index >= 15 is 0 Å². The van der Waals surface area contributed by atoms with Gasteiger partial charge in [-0.2, -0.15) is 0 Å². The predicted molar refractivity (Wildman–Crippen MR) is 102 cm³/mol. The van der Waals surface area contributed by atoms with Gasteiger partial charge in [0.25, 0.3) is 0 Å². The Morgan fingerprint density at radius 2 is 1.96 bits per heavy atom. The molecule has 0 saturated carbocycles. The molecule has 2 aromatic rings. The lowest BCUT2D eigenvalue weighted by Crippen LogP contribution is -2.17. The van der Waals surface area contributed by atoms with Gasteiger partial charge in [0.05, 0.1) is 17.6 Å². The number of nitrogens with one attached hydrogen (secondary N) is 1. The third kappa shape index (κ3) is 4.54. The van der Waals surface area contributed by atoms with Crippen LogP contribution in [0.5, 0.6) is 11.5 Å². The largest absolute Gasteiger partial charge is 0.453 e. The van der Waals surface area contributed by atoms with Gasteiger partial charge >= 0.3 is 0 Å². The Morgan fingerprint density at radius 3 is 2.64 bits per heavy atom. The van der Waals surface area contributed by atoms with E-state index < -0.39 is 5.82 Å². The molecule has 1 heterocycles. The molecule has 3 rings (SSSR count). The van der Waals surface area contributed by atoms with Gasteiger partial charge in [0.1, 0.15) is 11.5 Å². The van der Waals surface area contributed by atoms with Crippen molar-refractivity contribution in [1.29, 1.82) is 0 Å². The van der Waals surface area contributed by atoms with E-state index in [1.54, 1.807) is 37.4 Å². The molecule has 1 aliphatic heterocycles. The molecule has 25 heavy (non-hydrogen) atoms. The lowest BCUT2D eigenvalue weighted by Gasteiger charge is -2.15. The number of hydrogen-bond acceptors (Lipinski definition) is 4. The minimum absolute atomic E-state index is 0.0409. The Balaban J connectivity index is 1.88. The van der Waals surface area contributed by atoms with E-state index in [1.807, 2.05) is 6.07 Å². The summed E-state index contributed by atoms with van der Waals surface area (Å²) in [6, 6.07) is 8.46. The zero-order valence-corrected chi connectivity index (χ0v) is 16.9. The maximum Gasteiger partial charge on any atom is 0.216 e. The van der Waals surface area contributed by atoms with Crippen molar-refractivity contribution in [3.8, 4) is 11.5 Å². The van der Waals surface area contributed by atoms with E-state index in [9.17, 15) is 4.39 Å². The summed E-state index contributed by atoms with van der Waals surface area (Å²) < 4.78 is 27.6. The Hall–Kier alpha value is -1.57. The fourth-order valence-electron chi connectivity index (χ4n) is 2.18. The molecule has 8 heteroatoms. The molecule has 0 spiro atoms. The zero-order valence-electron chi connectivity index (χ0n) is 12.9. The molecule has 0 amide bonds. The van der Waals surface area contributed by atoms with Crippen LogP contribution in [0.3, 0.4) is 0 Å². The second-order valence-electron chi connectivity index (χ2n) is 5.23. The zero-order chi connectivity index (χ0) is 18.0. The van der Waals surface area contributed by atoms with Crippen molar-refractivity contribution in [2.45, 2.75) is 13.3 Å². The predicted octanol–water partition coefficient (Wildman–Crippen LogP) is 6.13. The number of benzene rings is 2. The van der Waals surface area contributed by atoms with Gasteiger partial charge in [-0.05, 0) is 31.2 Å². The maximum atomic E-state index is 14.9. The van der Waals surface area contributed by atoms with Crippen molar-refractivity contribution in [2.24, 2.45) is 5.10 Å².